The summed E-state index contributed by atoms with van der Waals surface area (Å²) in [7, 11) is 0. The maximum atomic E-state index is 11.0. The first-order valence-corrected chi connectivity index (χ1v) is 27.9. The lowest BCUT2D eigenvalue weighted by Crippen LogP contribution is -2.63. The molecular formula is C52H96N6O15. The first-order chi connectivity index (χ1) is 35.6. The van der Waals surface area contributed by atoms with E-state index in [0.29, 0.717) is 64.2 Å². The zero-order valence-electron chi connectivity index (χ0n) is 44.8. The summed E-state index contributed by atoms with van der Waals surface area (Å²) in [5.41, 5.74) is 0.997. The third-order valence-electron chi connectivity index (χ3n) is 13.2. The number of hydrogen-bond acceptors (Lipinski definition) is 19. The van der Waals surface area contributed by atoms with Gasteiger partial charge in [0.25, 0.3) is 0 Å². The third kappa shape index (κ3) is 24.7. The Morgan fingerprint density at radius 1 is 0.438 bits per heavy atom. The van der Waals surface area contributed by atoms with Crippen LogP contribution in [0.3, 0.4) is 0 Å². The molecule has 0 amide bonds. The van der Waals surface area contributed by atoms with Crippen LogP contribution in [-0.4, -0.2) is 187 Å². The molecule has 424 valence electrons. The number of unbranched alkanes of at least 4 members (excludes halogenated alkanes) is 16. The number of aliphatic hydroxyl groups excluding tert-OH is 6. The molecule has 4 heterocycles. The first kappa shape index (κ1) is 63.2. The molecule has 6 N–H and O–H groups in total. The van der Waals surface area contributed by atoms with E-state index in [0.717, 1.165) is 51.4 Å². The van der Waals surface area contributed by atoms with Gasteiger partial charge in [-0.3, -0.25) is 0 Å². The molecule has 0 aromatic carbocycles. The third-order valence-corrected chi connectivity index (χ3v) is 13.2. The zero-order chi connectivity index (χ0) is 52.5. The summed E-state index contributed by atoms with van der Waals surface area (Å²) < 4.78 is 56.8. The van der Waals surface area contributed by atoms with Gasteiger partial charge in [-0.2, -0.15) is 0 Å². The fraction of sp³-hybridized carbons (Fsp3) is 0.923. The van der Waals surface area contributed by atoms with Gasteiger partial charge in [-0.05, 0) is 25.7 Å². The van der Waals surface area contributed by atoms with Crippen LogP contribution in [0.2, 0.25) is 0 Å². The summed E-state index contributed by atoms with van der Waals surface area (Å²) in [6.45, 7) is 12.9. The average molecular weight is 1050 g/mol. The molecule has 2 aromatic rings. The van der Waals surface area contributed by atoms with Crippen molar-refractivity contribution in [1.82, 2.24) is 30.0 Å². The van der Waals surface area contributed by atoms with Gasteiger partial charge in [-0.25, -0.2) is 9.36 Å². The van der Waals surface area contributed by atoms with Gasteiger partial charge >= 0.3 is 0 Å². The van der Waals surface area contributed by atoms with Crippen LogP contribution in [0.15, 0.2) is 12.4 Å². The normalized spacial score (nSPS) is 24.7. The number of ether oxygens (including phenoxy) is 9. The van der Waals surface area contributed by atoms with Crippen LogP contribution in [0.5, 0.6) is 0 Å². The Balaban J connectivity index is 1.29. The highest BCUT2D eigenvalue weighted by Crippen LogP contribution is 2.29. The maximum Gasteiger partial charge on any atom is 0.189 e. The summed E-state index contributed by atoms with van der Waals surface area (Å²) in [6.07, 6.45) is 9.63. The second kappa shape index (κ2) is 38.3. The van der Waals surface area contributed by atoms with Crippen molar-refractivity contribution in [1.29, 1.82) is 0 Å². The Morgan fingerprint density at radius 3 is 1.07 bits per heavy atom. The number of nitrogens with zero attached hydrogens (tertiary/aromatic N) is 6. The predicted octanol–water partition coefficient (Wildman–Crippen LogP) is 4.92. The molecule has 0 aliphatic carbocycles. The van der Waals surface area contributed by atoms with Crippen LogP contribution in [0.25, 0.3) is 0 Å². The highest BCUT2D eigenvalue weighted by molar-refractivity contribution is 4.96. The van der Waals surface area contributed by atoms with Crippen molar-refractivity contribution in [3.05, 3.63) is 23.8 Å². The van der Waals surface area contributed by atoms with Crippen molar-refractivity contribution < 1.29 is 73.3 Å². The van der Waals surface area contributed by atoms with Crippen LogP contribution in [0, 0.1) is 0 Å². The van der Waals surface area contributed by atoms with Crippen LogP contribution in [-0.2, 0) is 68.9 Å². The Hall–Kier alpha value is -2.32. The average Bonchev–Trinajstić information content (AvgIpc) is 4.05. The lowest BCUT2D eigenvalue weighted by molar-refractivity contribution is -0.375. The Bertz CT molecular complexity index is 1480. The highest BCUT2D eigenvalue weighted by atomic mass is 16.8. The molecule has 21 nitrogen and oxygen atoms in total. The second-order valence-corrected chi connectivity index (χ2v) is 19.9. The second-order valence-electron chi connectivity index (χ2n) is 19.9. The van der Waals surface area contributed by atoms with Gasteiger partial charge in [0.1, 0.15) is 72.4 Å². The fourth-order valence-corrected chi connectivity index (χ4v) is 8.63. The Labute approximate surface area is 434 Å². The van der Waals surface area contributed by atoms with Crippen LogP contribution >= 0.6 is 0 Å². The molecule has 2 aromatic heterocycles. The molecule has 5 unspecified atom stereocenters. The molecule has 0 bridgehead atoms. The fourth-order valence-electron chi connectivity index (χ4n) is 8.63. The van der Waals surface area contributed by atoms with E-state index in [4.69, 9.17) is 42.6 Å². The lowest BCUT2D eigenvalue weighted by Gasteiger charge is -2.45. The first-order valence-electron chi connectivity index (χ1n) is 27.9. The summed E-state index contributed by atoms with van der Waals surface area (Å²) in [4.78, 5) is 0. The van der Waals surface area contributed by atoms with Crippen molar-refractivity contribution in [2.45, 2.75) is 256 Å². The van der Waals surface area contributed by atoms with E-state index in [9.17, 15) is 30.6 Å². The van der Waals surface area contributed by atoms with E-state index in [2.05, 4.69) is 48.3 Å². The van der Waals surface area contributed by atoms with Gasteiger partial charge in [-0.15, -0.1) is 10.2 Å². The van der Waals surface area contributed by atoms with Crippen LogP contribution in [0.1, 0.15) is 167 Å². The van der Waals surface area contributed by atoms with Crippen molar-refractivity contribution >= 4 is 0 Å². The Morgan fingerprint density at radius 2 is 0.753 bits per heavy atom. The molecule has 0 spiro atoms. The van der Waals surface area contributed by atoms with Gasteiger partial charge in [0.15, 0.2) is 12.6 Å². The molecule has 73 heavy (non-hydrogen) atoms. The van der Waals surface area contributed by atoms with E-state index in [1.54, 1.807) is 12.4 Å². The SMILES string of the molecule is CCCCCCCOCC(COCCCCCCC)OCc1cn(CC2O[C@@H](O[C@H]3O[C@H](Cn4cc(COC(COCCCCCCC)COCCCCCCC)nn4)C(O)[C@@H](O)C3O)C(O)C(O)[C@@H]2O)nn1. The zero-order valence-corrected chi connectivity index (χ0v) is 44.8. The Kier molecular flexibility index (Phi) is 33.1. The smallest absolute Gasteiger partial charge is 0.189 e. The van der Waals surface area contributed by atoms with E-state index in [1.807, 2.05) is 0 Å². The van der Waals surface area contributed by atoms with Gasteiger partial charge in [-0.1, -0.05) is 141 Å². The minimum absolute atomic E-state index is 0.112. The largest absolute Gasteiger partial charge is 0.388 e. The molecule has 2 aliphatic rings. The van der Waals surface area contributed by atoms with Crippen molar-refractivity contribution in [3.8, 4) is 0 Å². The lowest BCUT2D eigenvalue weighted by atomic mass is 9.97. The van der Waals surface area contributed by atoms with Crippen LogP contribution < -0.4 is 0 Å². The molecule has 0 radical (unpaired) electrons. The quantitative estimate of drug-likeness (QED) is 0.0481. The molecular weight excluding hydrogens is 949 g/mol. The standard InChI is InChI=1S/C52H96N6O15/c1-5-9-13-17-21-25-65-35-41(36-66-26-22-18-14-10-6-2)69-33-39-29-57(55-53-39)31-43-45(59)47(61)49(63)51(71-43)73-52-50(64)48(62)46(60)44(72-52)32-58-30-40(54-56-58)34-70-42(37-67-27-23-19-15-11-7-3)38-68-28-24-20-16-12-8-4/h29-30,41-52,59-64H,5-28,31-38H2,1-4H3/t43-,44?,45?,46-,47-,48?,49?,50?,51-,52+/m1/s1. The topological polar surface area (TPSA) is 266 Å². The molecule has 10 atom stereocenters. The minimum atomic E-state index is -1.78. The van der Waals surface area contributed by atoms with E-state index >= 15 is 0 Å². The molecule has 4 rings (SSSR count). The van der Waals surface area contributed by atoms with Crippen LogP contribution in [0.4, 0.5) is 0 Å². The van der Waals surface area contributed by atoms with Crippen molar-refractivity contribution in [3.63, 3.8) is 0 Å². The molecule has 2 fully saturated rings. The highest BCUT2D eigenvalue weighted by Gasteiger charge is 2.50. The molecule has 0 saturated carbocycles. The molecule has 2 aliphatic heterocycles. The van der Waals surface area contributed by atoms with E-state index in [1.165, 1.54) is 86.4 Å². The number of hydrogen-bond donors (Lipinski definition) is 6. The van der Waals surface area contributed by atoms with E-state index in [-0.39, 0.29) is 38.5 Å². The predicted molar refractivity (Wildman–Crippen MR) is 270 cm³/mol. The van der Waals surface area contributed by atoms with Gasteiger partial charge in [0.05, 0.1) is 65.1 Å². The number of rotatable bonds is 44. The molecule has 21 heteroatoms. The number of aromatic nitrogens is 6. The number of aliphatic hydroxyl groups is 6. The summed E-state index contributed by atoms with van der Waals surface area (Å²) in [5, 5.41) is 82.5. The van der Waals surface area contributed by atoms with E-state index < -0.39 is 61.4 Å². The minimum Gasteiger partial charge on any atom is -0.388 e. The van der Waals surface area contributed by atoms with Crippen molar-refractivity contribution in [2.75, 3.05) is 52.9 Å². The summed E-state index contributed by atoms with van der Waals surface area (Å²) >= 11 is 0. The molecule has 2 saturated heterocycles. The maximum absolute atomic E-state index is 11.0. The summed E-state index contributed by atoms with van der Waals surface area (Å²) in [5.74, 6) is 0. The van der Waals surface area contributed by atoms with Gasteiger partial charge in [0, 0.05) is 26.4 Å². The van der Waals surface area contributed by atoms with Gasteiger partial charge < -0.3 is 73.3 Å². The summed E-state index contributed by atoms with van der Waals surface area (Å²) in [6, 6.07) is 0. The van der Waals surface area contributed by atoms with Gasteiger partial charge in [0.2, 0.25) is 0 Å². The monoisotopic (exact) mass is 1040 g/mol. The van der Waals surface area contributed by atoms with Crippen molar-refractivity contribution in [2.24, 2.45) is 0 Å².